The molecule has 28 heavy (non-hydrogen) atoms. The number of aromatic nitrogens is 1. The molecule has 3 rings (SSSR count). The van der Waals surface area contributed by atoms with E-state index in [1.54, 1.807) is 25.3 Å². The number of likely N-dealkylation sites (tertiary alicyclic amines) is 1. The van der Waals surface area contributed by atoms with Crippen LogP contribution in [0.25, 0.3) is 0 Å². The van der Waals surface area contributed by atoms with Gasteiger partial charge in [0.2, 0.25) is 5.92 Å². The smallest absolute Gasteiger partial charge is 0.321 e. The Morgan fingerprint density at radius 3 is 2.75 bits per heavy atom. The lowest BCUT2D eigenvalue weighted by Gasteiger charge is -2.22. The van der Waals surface area contributed by atoms with Gasteiger partial charge in [0.15, 0.2) is 0 Å². The molecule has 1 fully saturated rings. The molecule has 0 bridgehead atoms. The number of rotatable bonds is 3. The first kappa shape index (κ1) is 20.0. The van der Waals surface area contributed by atoms with Gasteiger partial charge in [0.25, 0.3) is 5.56 Å². The van der Waals surface area contributed by atoms with Crippen LogP contribution < -0.4 is 10.9 Å². The van der Waals surface area contributed by atoms with Crippen molar-refractivity contribution in [2.75, 3.05) is 18.4 Å². The monoisotopic (exact) mass is 393 g/mol. The van der Waals surface area contributed by atoms with E-state index in [1.807, 2.05) is 0 Å². The van der Waals surface area contributed by atoms with Crippen LogP contribution in [0.1, 0.15) is 30.4 Å². The van der Waals surface area contributed by atoms with E-state index in [0.717, 1.165) is 0 Å². The van der Waals surface area contributed by atoms with Crippen LogP contribution in [0.2, 0.25) is 0 Å². The first-order chi connectivity index (χ1) is 13.3. The third-order valence-corrected chi connectivity index (χ3v) is 4.90. The Bertz CT molecular complexity index is 927. The van der Waals surface area contributed by atoms with E-state index in [1.165, 1.54) is 27.7 Å². The van der Waals surface area contributed by atoms with Crippen LogP contribution in [0, 0.1) is 12.7 Å². The highest BCUT2D eigenvalue weighted by molar-refractivity contribution is 5.90. The maximum Gasteiger partial charge on any atom is 0.321 e. The minimum atomic E-state index is -2.77. The Kier molecular flexibility index (Phi) is 5.76. The van der Waals surface area contributed by atoms with Gasteiger partial charge >= 0.3 is 6.03 Å². The number of urea groups is 1. The summed E-state index contributed by atoms with van der Waals surface area (Å²) in [6.45, 7) is 1.75. The molecule has 1 aliphatic heterocycles. The zero-order chi connectivity index (χ0) is 20.3. The normalized spacial score (nSPS) is 16.5. The van der Waals surface area contributed by atoms with Crippen LogP contribution in [0.4, 0.5) is 23.7 Å². The van der Waals surface area contributed by atoms with Crippen LogP contribution in [0.3, 0.4) is 0 Å². The zero-order valence-electron chi connectivity index (χ0n) is 15.6. The molecule has 5 nitrogen and oxygen atoms in total. The van der Waals surface area contributed by atoms with Crippen molar-refractivity contribution in [2.24, 2.45) is 0 Å². The van der Waals surface area contributed by atoms with E-state index in [4.69, 9.17) is 0 Å². The van der Waals surface area contributed by atoms with Crippen molar-refractivity contribution in [3.63, 3.8) is 0 Å². The number of pyridine rings is 1. The van der Waals surface area contributed by atoms with E-state index in [2.05, 4.69) is 5.32 Å². The number of hydrogen-bond acceptors (Lipinski definition) is 2. The molecule has 1 saturated heterocycles. The number of carbonyl (C=O) groups excluding carboxylic acids is 1. The highest BCUT2D eigenvalue weighted by atomic mass is 19.3. The average molecular weight is 393 g/mol. The van der Waals surface area contributed by atoms with E-state index in [9.17, 15) is 22.8 Å². The molecule has 0 atom stereocenters. The van der Waals surface area contributed by atoms with Gasteiger partial charge in [-0.15, -0.1) is 0 Å². The number of alkyl halides is 2. The van der Waals surface area contributed by atoms with Crippen molar-refractivity contribution in [1.82, 2.24) is 9.47 Å². The van der Waals surface area contributed by atoms with Gasteiger partial charge in [-0.3, -0.25) is 4.79 Å². The molecule has 2 aromatic rings. The Morgan fingerprint density at radius 2 is 1.96 bits per heavy atom. The summed E-state index contributed by atoms with van der Waals surface area (Å²) in [6.07, 6.45) is 1.10. The summed E-state index contributed by atoms with van der Waals surface area (Å²) < 4.78 is 42.8. The molecule has 0 spiro atoms. The third kappa shape index (κ3) is 4.55. The molecular formula is C20H22F3N3O2. The number of hydrogen-bond donors (Lipinski definition) is 1. The van der Waals surface area contributed by atoms with Crippen LogP contribution in [0.5, 0.6) is 0 Å². The summed E-state index contributed by atoms with van der Waals surface area (Å²) in [6, 6.07) is 7.03. The number of aryl methyl sites for hydroxylation is 1. The highest BCUT2D eigenvalue weighted by Gasteiger charge is 2.33. The minimum absolute atomic E-state index is 0.0547. The molecule has 1 aromatic carbocycles. The lowest BCUT2D eigenvalue weighted by molar-refractivity contribution is -0.0121. The van der Waals surface area contributed by atoms with Gasteiger partial charge in [0, 0.05) is 43.3 Å². The molecule has 0 aliphatic carbocycles. The predicted octanol–water partition coefficient (Wildman–Crippen LogP) is 4.00. The number of benzene rings is 1. The molecule has 2 amide bonds. The van der Waals surface area contributed by atoms with Crippen molar-refractivity contribution < 1.29 is 18.0 Å². The maximum atomic E-state index is 14.4. The van der Waals surface area contributed by atoms with E-state index >= 15 is 0 Å². The molecule has 0 saturated carbocycles. The van der Waals surface area contributed by atoms with Crippen molar-refractivity contribution in [2.45, 2.75) is 38.7 Å². The fraction of sp³-hybridized carbons (Fsp3) is 0.400. The number of halogens is 3. The van der Waals surface area contributed by atoms with Gasteiger partial charge in [-0.05, 0) is 31.5 Å². The summed E-state index contributed by atoms with van der Waals surface area (Å²) >= 11 is 0. The second-order valence-corrected chi connectivity index (χ2v) is 7.02. The number of carbonyl (C=O) groups is 1. The number of amides is 2. The zero-order valence-corrected chi connectivity index (χ0v) is 15.6. The van der Waals surface area contributed by atoms with Crippen LogP contribution in [-0.4, -0.2) is 34.5 Å². The molecule has 150 valence electrons. The number of nitrogens with one attached hydrogen (secondary N) is 1. The second kappa shape index (κ2) is 8.08. The molecule has 1 aromatic heterocycles. The Morgan fingerprint density at radius 1 is 1.18 bits per heavy atom. The molecule has 1 N–H and O–H groups in total. The van der Waals surface area contributed by atoms with Gasteiger partial charge in [0.1, 0.15) is 5.82 Å². The molecule has 1 aliphatic rings. The molecule has 0 radical (unpaired) electrons. The number of nitrogens with zero attached hydrogens (tertiary/aromatic N) is 2. The van der Waals surface area contributed by atoms with Crippen LogP contribution in [0.15, 0.2) is 41.3 Å². The van der Waals surface area contributed by atoms with E-state index < -0.39 is 24.2 Å². The summed E-state index contributed by atoms with van der Waals surface area (Å²) in [5, 5.41) is 2.62. The first-order valence-corrected chi connectivity index (χ1v) is 9.14. The van der Waals surface area contributed by atoms with Crippen molar-refractivity contribution in [3.8, 4) is 0 Å². The van der Waals surface area contributed by atoms with Crippen molar-refractivity contribution in [3.05, 3.63) is 63.8 Å². The largest absolute Gasteiger partial charge is 0.324 e. The lowest BCUT2D eigenvalue weighted by Crippen LogP contribution is -2.36. The Hall–Kier alpha value is -2.77. The highest BCUT2D eigenvalue weighted by Crippen LogP contribution is 2.28. The summed E-state index contributed by atoms with van der Waals surface area (Å²) in [4.78, 5) is 26.1. The average Bonchev–Trinajstić information content (AvgIpc) is 2.82. The topological polar surface area (TPSA) is 54.3 Å². The van der Waals surface area contributed by atoms with Gasteiger partial charge < -0.3 is 14.8 Å². The van der Waals surface area contributed by atoms with Gasteiger partial charge in [-0.25, -0.2) is 18.0 Å². The summed E-state index contributed by atoms with van der Waals surface area (Å²) in [5.41, 5.74) is 0.644. The fourth-order valence-electron chi connectivity index (χ4n) is 3.25. The Balaban J connectivity index is 1.81. The first-order valence-electron chi connectivity index (χ1n) is 9.14. The van der Waals surface area contributed by atoms with Gasteiger partial charge in [-0.1, -0.05) is 12.1 Å². The van der Waals surface area contributed by atoms with Crippen LogP contribution in [-0.2, 0) is 6.54 Å². The quantitative estimate of drug-likeness (QED) is 0.857. The standard InChI is InChI=1S/C20H22F3N3O2/c1-14-5-3-10-26(18(14)27)13-15-16(21)6-2-7-17(15)24-19(28)25-11-4-8-20(22,23)9-12-25/h2-3,5-7,10H,4,8-9,11-13H2,1H3,(H,24,28). The molecular weight excluding hydrogens is 371 g/mol. The van der Waals surface area contributed by atoms with Crippen LogP contribution >= 0.6 is 0 Å². The molecule has 8 heteroatoms. The second-order valence-electron chi connectivity index (χ2n) is 7.02. The minimum Gasteiger partial charge on any atom is -0.324 e. The van der Waals surface area contributed by atoms with E-state index in [0.29, 0.717) is 5.56 Å². The Labute approximate surface area is 160 Å². The number of anilines is 1. The lowest BCUT2D eigenvalue weighted by atomic mass is 10.1. The fourth-order valence-corrected chi connectivity index (χ4v) is 3.25. The van der Waals surface area contributed by atoms with Crippen molar-refractivity contribution in [1.29, 1.82) is 0 Å². The molecule has 0 unspecified atom stereocenters. The maximum absolute atomic E-state index is 14.4. The predicted molar refractivity (Wildman–Crippen MR) is 100 cm³/mol. The summed E-state index contributed by atoms with van der Waals surface area (Å²) in [7, 11) is 0. The van der Waals surface area contributed by atoms with Gasteiger partial charge in [0.05, 0.1) is 12.2 Å². The van der Waals surface area contributed by atoms with E-state index in [-0.39, 0.29) is 49.3 Å². The van der Waals surface area contributed by atoms with Crippen molar-refractivity contribution >= 4 is 11.7 Å². The SMILES string of the molecule is Cc1cccn(Cc2c(F)cccc2NC(=O)N2CCCC(F)(F)CC2)c1=O. The van der Waals surface area contributed by atoms with Gasteiger partial charge in [-0.2, -0.15) is 0 Å². The molecule has 2 heterocycles. The third-order valence-electron chi connectivity index (χ3n) is 4.90. The summed E-state index contributed by atoms with van der Waals surface area (Å²) in [5.74, 6) is -3.33.